The number of piperazine rings is 1. The molecule has 1 aromatic heterocycles. The number of hydrogen-bond donors (Lipinski definition) is 1. The van der Waals surface area contributed by atoms with Crippen LogP contribution in [0.4, 0.5) is 5.69 Å². The first-order valence-corrected chi connectivity index (χ1v) is 12.2. The number of furan rings is 1. The van der Waals surface area contributed by atoms with Gasteiger partial charge in [0.25, 0.3) is 11.8 Å². The molecule has 10 heteroatoms. The summed E-state index contributed by atoms with van der Waals surface area (Å²) in [5.74, 6) is -1.14. The number of benzene rings is 1. The highest BCUT2D eigenvalue weighted by Gasteiger charge is 2.37. The molecule has 1 atom stereocenters. The fourth-order valence-corrected chi connectivity index (χ4v) is 4.67. The lowest BCUT2D eigenvalue weighted by Gasteiger charge is -2.34. The van der Waals surface area contributed by atoms with Gasteiger partial charge in [0.15, 0.2) is 12.4 Å². The fraction of sp³-hybridized carbons (Fsp3) is 0.462. The highest BCUT2D eigenvalue weighted by Crippen LogP contribution is 2.22. The number of nitrogens with one attached hydrogen (secondary N) is 1. The monoisotopic (exact) mass is 496 g/mol. The van der Waals surface area contributed by atoms with E-state index >= 15 is 0 Å². The van der Waals surface area contributed by atoms with Crippen LogP contribution in [0.1, 0.15) is 34.5 Å². The molecular weight excluding hydrogens is 464 g/mol. The number of likely N-dealkylation sites (tertiary alicyclic amines) is 1. The summed E-state index contributed by atoms with van der Waals surface area (Å²) in [7, 11) is 0. The summed E-state index contributed by atoms with van der Waals surface area (Å²) in [6.45, 7) is 6.21. The van der Waals surface area contributed by atoms with Gasteiger partial charge in [0.1, 0.15) is 6.04 Å². The van der Waals surface area contributed by atoms with Crippen molar-refractivity contribution in [2.75, 3.05) is 51.2 Å². The van der Waals surface area contributed by atoms with Gasteiger partial charge >= 0.3 is 5.97 Å². The van der Waals surface area contributed by atoms with Crippen LogP contribution in [0.25, 0.3) is 0 Å². The summed E-state index contributed by atoms with van der Waals surface area (Å²) in [4.78, 5) is 55.4. The molecule has 0 aliphatic carbocycles. The van der Waals surface area contributed by atoms with Crippen LogP contribution in [-0.2, 0) is 19.1 Å². The zero-order chi connectivity index (χ0) is 25.7. The number of rotatable bonds is 7. The standard InChI is InChI=1S/C26H32N4O6/c1-18-6-3-7-19(2)24(18)27-22(31)16-28-11-13-29(14-12-28)23(32)17-36-26(34)20-8-4-10-30(20)25(33)21-9-5-15-35-21/h3,5-7,9,15,20H,4,8,10-14,16-17H2,1-2H3,(H,27,31)/t20-/m0/s1. The van der Waals surface area contributed by atoms with Gasteiger partial charge in [0.2, 0.25) is 5.91 Å². The Kier molecular flexibility index (Phi) is 8.04. The Bertz CT molecular complexity index is 1090. The van der Waals surface area contributed by atoms with Gasteiger partial charge in [-0.2, -0.15) is 0 Å². The zero-order valence-electron chi connectivity index (χ0n) is 20.7. The SMILES string of the molecule is Cc1cccc(C)c1NC(=O)CN1CCN(C(=O)COC(=O)[C@@H]2CCCN2C(=O)c2ccco2)CC1. The predicted molar refractivity (Wildman–Crippen MR) is 131 cm³/mol. The Balaban J connectivity index is 1.20. The first kappa shape index (κ1) is 25.4. The number of amides is 3. The maximum Gasteiger partial charge on any atom is 0.329 e. The highest BCUT2D eigenvalue weighted by molar-refractivity contribution is 5.95. The summed E-state index contributed by atoms with van der Waals surface area (Å²) < 4.78 is 10.4. The molecule has 3 amide bonds. The van der Waals surface area contributed by atoms with Crippen LogP contribution in [-0.4, -0.2) is 90.3 Å². The lowest BCUT2D eigenvalue weighted by atomic mass is 10.1. The number of aryl methyl sites for hydroxylation is 2. The number of carbonyl (C=O) groups is 4. The largest absolute Gasteiger partial charge is 0.459 e. The van der Waals surface area contributed by atoms with Crippen LogP contribution in [0, 0.1) is 13.8 Å². The van der Waals surface area contributed by atoms with E-state index in [-0.39, 0.29) is 36.6 Å². The van der Waals surface area contributed by atoms with Gasteiger partial charge in [0.05, 0.1) is 12.8 Å². The van der Waals surface area contributed by atoms with Gasteiger partial charge in [-0.1, -0.05) is 18.2 Å². The van der Waals surface area contributed by atoms with Crippen LogP contribution in [0.5, 0.6) is 0 Å². The number of ether oxygens (including phenoxy) is 1. The average molecular weight is 497 g/mol. The van der Waals surface area contributed by atoms with Gasteiger partial charge in [-0.3, -0.25) is 19.3 Å². The van der Waals surface area contributed by atoms with E-state index in [1.807, 2.05) is 36.9 Å². The topological polar surface area (TPSA) is 112 Å². The summed E-state index contributed by atoms with van der Waals surface area (Å²) in [6, 6.07) is 8.33. The zero-order valence-corrected chi connectivity index (χ0v) is 20.7. The molecule has 36 heavy (non-hydrogen) atoms. The van der Waals surface area contributed by atoms with Crippen molar-refractivity contribution in [3.8, 4) is 0 Å². The first-order valence-electron chi connectivity index (χ1n) is 12.2. The van der Waals surface area contributed by atoms with E-state index in [2.05, 4.69) is 5.32 Å². The van der Waals surface area contributed by atoms with Crippen LogP contribution >= 0.6 is 0 Å². The highest BCUT2D eigenvalue weighted by atomic mass is 16.5. The molecule has 0 saturated carbocycles. The molecule has 0 bridgehead atoms. The number of nitrogens with zero attached hydrogens (tertiary/aromatic N) is 3. The normalized spacial score (nSPS) is 18.2. The molecule has 2 fully saturated rings. The third kappa shape index (κ3) is 5.93. The van der Waals surface area contributed by atoms with Gasteiger partial charge in [0, 0.05) is 38.4 Å². The van der Waals surface area contributed by atoms with Gasteiger partial charge in [-0.15, -0.1) is 0 Å². The average Bonchev–Trinajstić information content (AvgIpc) is 3.57. The predicted octanol–water partition coefficient (Wildman–Crippen LogP) is 1.83. The first-order chi connectivity index (χ1) is 17.3. The van der Waals surface area contributed by atoms with Crippen LogP contribution in [0.3, 0.4) is 0 Å². The van der Waals surface area contributed by atoms with E-state index in [1.54, 1.807) is 17.0 Å². The molecule has 2 saturated heterocycles. The molecule has 3 heterocycles. The molecule has 4 rings (SSSR count). The smallest absolute Gasteiger partial charge is 0.329 e. The van der Waals surface area contributed by atoms with Crippen molar-refractivity contribution >= 4 is 29.4 Å². The molecular formula is C26H32N4O6. The Morgan fingerprint density at radius 1 is 1.00 bits per heavy atom. The number of hydrogen-bond acceptors (Lipinski definition) is 7. The maximum absolute atomic E-state index is 12.6. The minimum Gasteiger partial charge on any atom is -0.459 e. The van der Waals surface area contributed by atoms with Crippen molar-refractivity contribution in [2.24, 2.45) is 0 Å². The summed E-state index contributed by atoms with van der Waals surface area (Å²) in [6.07, 6.45) is 2.58. The molecule has 192 valence electrons. The Morgan fingerprint density at radius 2 is 1.72 bits per heavy atom. The van der Waals surface area contributed by atoms with Crippen molar-refractivity contribution in [3.05, 3.63) is 53.5 Å². The van der Waals surface area contributed by atoms with E-state index in [9.17, 15) is 19.2 Å². The summed E-state index contributed by atoms with van der Waals surface area (Å²) in [5.41, 5.74) is 2.86. The van der Waals surface area contributed by atoms with Crippen LogP contribution < -0.4 is 5.32 Å². The van der Waals surface area contributed by atoms with E-state index < -0.39 is 12.0 Å². The quantitative estimate of drug-likeness (QED) is 0.582. The van der Waals surface area contributed by atoms with Gasteiger partial charge < -0.3 is 24.3 Å². The van der Waals surface area contributed by atoms with Crippen molar-refractivity contribution in [2.45, 2.75) is 32.7 Å². The molecule has 2 aliphatic rings. The Hall–Kier alpha value is -3.66. The third-order valence-corrected chi connectivity index (χ3v) is 6.69. The second-order valence-corrected chi connectivity index (χ2v) is 9.21. The number of para-hydroxylation sites is 1. The molecule has 10 nitrogen and oxygen atoms in total. The van der Waals surface area contributed by atoms with Crippen molar-refractivity contribution in [1.82, 2.24) is 14.7 Å². The Morgan fingerprint density at radius 3 is 2.39 bits per heavy atom. The van der Waals surface area contributed by atoms with Crippen molar-refractivity contribution in [1.29, 1.82) is 0 Å². The summed E-state index contributed by atoms with van der Waals surface area (Å²) >= 11 is 0. The van der Waals surface area contributed by atoms with E-state index in [0.29, 0.717) is 45.6 Å². The Labute approximate surface area is 210 Å². The fourth-order valence-electron chi connectivity index (χ4n) is 4.67. The molecule has 2 aliphatic heterocycles. The van der Waals surface area contributed by atoms with E-state index in [4.69, 9.17) is 9.15 Å². The lowest BCUT2D eigenvalue weighted by molar-refractivity contribution is -0.155. The minimum atomic E-state index is -0.720. The molecule has 2 aromatic rings. The second kappa shape index (κ2) is 11.4. The van der Waals surface area contributed by atoms with Gasteiger partial charge in [-0.25, -0.2) is 4.79 Å². The van der Waals surface area contributed by atoms with Crippen LogP contribution in [0.2, 0.25) is 0 Å². The van der Waals surface area contributed by atoms with Crippen molar-refractivity contribution < 1.29 is 28.3 Å². The number of anilines is 1. The van der Waals surface area contributed by atoms with Crippen LogP contribution in [0.15, 0.2) is 41.0 Å². The minimum absolute atomic E-state index is 0.0914. The van der Waals surface area contributed by atoms with Crippen molar-refractivity contribution in [3.63, 3.8) is 0 Å². The molecule has 1 N–H and O–H groups in total. The molecule has 1 aromatic carbocycles. The van der Waals surface area contributed by atoms with Gasteiger partial charge in [-0.05, 0) is 49.9 Å². The van der Waals surface area contributed by atoms with E-state index in [0.717, 1.165) is 16.8 Å². The molecule has 0 radical (unpaired) electrons. The number of carbonyl (C=O) groups excluding carboxylic acids is 4. The third-order valence-electron chi connectivity index (χ3n) is 6.69. The molecule has 0 spiro atoms. The summed E-state index contributed by atoms with van der Waals surface area (Å²) in [5, 5.41) is 2.99. The van der Waals surface area contributed by atoms with E-state index in [1.165, 1.54) is 11.2 Å². The second-order valence-electron chi connectivity index (χ2n) is 9.21. The number of esters is 1. The maximum atomic E-state index is 12.6. The molecule has 0 unspecified atom stereocenters. The lowest BCUT2D eigenvalue weighted by Crippen LogP contribution is -2.51.